The van der Waals surface area contributed by atoms with Crippen LogP contribution >= 0.6 is 73.4 Å². The molecular formula is C8H15Cl5O8P2. The SMILES string of the molecule is COP(=O)(OC)C(O)C(Cl)(Cl)Cl.COP(=O)(OC)OC=C(Cl)Cl. The van der Waals surface area contributed by atoms with Crippen molar-refractivity contribution >= 4 is 73.4 Å². The van der Waals surface area contributed by atoms with Crippen LogP contribution in [0.2, 0.25) is 0 Å². The molecule has 0 aromatic rings. The topological polar surface area (TPSA) is 101 Å². The third-order valence-electron chi connectivity index (χ3n) is 1.82. The van der Waals surface area contributed by atoms with Gasteiger partial charge in [0.15, 0.2) is 0 Å². The van der Waals surface area contributed by atoms with E-state index >= 15 is 0 Å². The van der Waals surface area contributed by atoms with Crippen LogP contribution in [0.15, 0.2) is 10.8 Å². The maximum atomic E-state index is 11.3. The zero-order valence-corrected chi connectivity index (χ0v) is 17.8. The summed E-state index contributed by atoms with van der Waals surface area (Å²) in [5.41, 5.74) is 0. The number of phosphoric ester groups is 1. The first-order valence-corrected chi connectivity index (χ1v) is 10.1. The molecule has 0 amide bonds. The predicted molar refractivity (Wildman–Crippen MR) is 90.4 cm³/mol. The molecule has 0 spiro atoms. The Morgan fingerprint density at radius 2 is 1.39 bits per heavy atom. The Labute approximate surface area is 159 Å². The van der Waals surface area contributed by atoms with Crippen LogP contribution in [-0.2, 0) is 31.7 Å². The minimum atomic E-state index is -3.73. The van der Waals surface area contributed by atoms with Gasteiger partial charge in [-0.15, -0.1) is 0 Å². The van der Waals surface area contributed by atoms with Crippen LogP contribution in [0.5, 0.6) is 0 Å². The molecule has 0 fully saturated rings. The van der Waals surface area contributed by atoms with Crippen LogP contribution in [-0.4, -0.2) is 43.2 Å². The third kappa shape index (κ3) is 10.8. The molecule has 1 atom stereocenters. The Bertz CT molecular complexity index is 448. The van der Waals surface area contributed by atoms with Crippen molar-refractivity contribution in [2.24, 2.45) is 0 Å². The Hall–Kier alpha value is 1.25. The van der Waals surface area contributed by atoms with Gasteiger partial charge in [0.05, 0.1) is 0 Å². The molecule has 0 aliphatic carbocycles. The maximum Gasteiger partial charge on any atom is 0.529 e. The number of hydrogen-bond donors (Lipinski definition) is 1. The van der Waals surface area contributed by atoms with E-state index in [-0.39, 0.29) is 4.49 Å². The molecule has 140 valence electrons. The van der Waals surface area contributed by atoms with Crippen LogP contribution in [0.25, 0.3) is 0 Å². The van der Waals surface area contributed by atoms with Gasteiger partial charge in [-0.1, -0.05) is 58.0 Å². The van der Waals surface area contributed by atoms with E-state index in [1.165, 1.54) is 14.2 Å². The number of aliphatic hydroxyl groups excluding tert-OH is 1. The molecule has 0 rings (SSSR count). The maximum absolute atomic E-state index is 11.3. The van der Waals surface area contributed by atoms with E-state index in [4.69, 9.17) is 58.0 Å². The normalized spacial score (nSPS) is 13.7. The highest BCUT2D eigenvalue weighted by molar-refractivity contribution is 7.54. The summed E-state index contributed by atoms with van der Waals surface area (Å²) in [5.74, 6) is -1.80. The number of halogens is 5. The monoisotopic (exact) mass is 476 g/mol. The second kappa shape index (κ2) is 11.8. The van der Waals surface area contributed by atoms with Crippen molar-refractivity contribution in [2.75, 3.05) is 28.4 Å². The average Bonchev–Trinajstić information content (AvgIpc) is 2.50. The highest BCUT2D eigenvalue weighted by Crippen LogP contribution is 2.57. The highest BCUT2D eigenvalue weighted by atomic mass is 35.6. The van der Waals surface area contributed by atoms with Gasteiger partial charge in [-0.05, 0) is 0 Å². The fourth-order valence-electron chi connectivity index (χ4n) is 0.719. The van der Waals surface area contributed by atoms with E-state index in [1.54, 1.807) is 0 Å². The number of hydrogen-bond acceptors (Lipinski definition) is 8. The van der Waals surface area contributed by atoms with E-state index in [0.29, 0.717) is 0 Å². The van der Waals surface area contributed by atoms with Crippen molar-refractivity contribution in [2.45, 2.75) is 9.64 Å². The molecule has 0 aliphatic rings. The first-order chi connectivity index (χ1) is 10.3. The molecule has 0 bridgehead atoms. The zero-order valence-electron chi connectivity index (χ0n) is 12.2. The zero-order chi connectivity index (χ0) is 18.9. The molecule has 8 nitrogen and oxygen atoms in total. The molecule has 15 heteroatoms. The Morgan fingerprint density at radius 1 is 1.00 bits per heavy atom. The second-order valence-electron chi connectivity index (χ2n) is 3.15. The summed E-state index contributed by atoms with van der Waals surface area (Å²) in [4.78, 5) is 0. The van der Waals surface area contributed by atoms with Crippen LogP contribution in [0.3, 0.4) is 0 Å². The Balaban J connectivity index is 0. The number of aliphatic hydroxyl groups is 1. The number of alkyl halides is 3. The van der Waals surface area contributed by atoms with Crippen LogP contribution in [0.1, 0.15) is 0 Å². The standard InChI is InChI=1S/C4H8Cl3O4P.C4H7Cl2O4P/c1-10-12(9,11-2)3(8)4(5,6)7;1-8-11(7,9-2)10-3-4(5)6/h3,8H,1-2H3;3H,1-2H3. The molecule has 0 heterocycles. The van der Waals surface area contributed by atoms with Crippen molar-refractivity contribution in [3.63, 3.8) is 0 Å². The summed E-state index contributed by atoms with van der Waals surface area (Å²) < 4.78 is 42.2. The first-order valence-electron chi connectivity index (χ1n) is 5.19. The lowest BCUT2D eigenvalue weighted by Gasteiger charge is -2.24. The fraction of sp³-hybridized carbons (Fsp3) is 0.750. The summed E-state index contributed by atoms with van der Waals surface area (Å²) in [6.07, 6.45) is 0.872. The molecule has 1 unspecified atom stereocenters. The van der Waals surface area contributed by atoms with Crippen molar-refractivity contribution in [3.8, 4) is 0 Å². The van der Waals surface area contributed by atoms with Crippen molar-refractivity contribution in [3.05, 3.63) is 10.8 Å². The molecule has 23 heavy (non-hydrogen) atoms. The van der Waals surface area contributed by atoms with Crippen LogP contribution in [0, 0.1) is 0 Å². The molecule has 0 aromatic heterocycles. The molecule has 0 aliphatic heterocycles. The van der Waals surface area contributed by atoms with Crippen LogP contribution < -0.4 is 0 Å². The van der Waals surface area contributed by atoms with Crippen molar-refractivity contribution < 1.29 is 36.9 Å². The quantitative estimate of drug-likeness (QED) is 0.315. The fourth-order valence-corrected chi connectivity index (χ4v) is 3.47. The summed E-state index contributed by atoms with van der Waals surface area (Å²) >= 11 is 26.2. The summed E-state index contributed by atoms with van der Waals surface area (Å²) in [6.45, 7) is 0. The van der Waals surface area contributed by atoms with E-state index < -0.39 is 25.1 Å². The minimum absolute atomic E-state index is 0.167. The van der Waals surface area contributed by atoms with Gasteiger partial charge in [0.1, 0.15) is 10.8 Å². The van der Waals surface area contributed by atoms with E-state index in [9.17, 15) is 14.2 Å². The van der Waals surface area contributed by atoms with Gasteiger partial charge in [-0.2, -0.15) is 0 Å². The van der Waals surface area contributed by atoms with Crippen LogP contribution in [0.4, 0.5) is 0 Å². The average molecular weight is 478 g/mol. The van der Waals surface area contributed by atoms with E-state index in [0.717, 1.165) is 20.5 Å². The van der Waals surface area contributed by atoms with Crippen molar-refractivity contribution in [1.29, 1.82) is 0 Å². The number of phosphoric acid groups is 1. The lowest BCUT2D eigenvalue weighted by molar-refractivity contribution is 0.176. The lowest BCUT2D eigenvalue weighted by Crippen LogP contribution is -2.26. The molecule has 0 saturated carbocycles. The lowest BCUT2D eigenvalue weighted by atomic mass is 10.8. The molecule has 0 aromatic carbocycles. The van der Waals surface area contributed by atoms with Gasteiger partial charge in [0.2, 0.25) is 9.64 Å². The highest BCUT2D eigenvalue weighted by Gasteiger charge is 2.46. The van der Waals surface area contributed by atoms with Gasteiger partial charge >= 0.3 is 15.4 Å². The summed E-state index contributed by atoms with van der Waals surface area (Å²) in [5, 5.41) is 9.20. The van der Waals surface area contributed by atoms with Gasteiger partial charge in [-0.25, -0.2) is 4.57 Å². The Kier molecular flexibility index (Phi) is 13.6. The van der Waals surface area contributed by atoms with E-state index in [1.807, 2.05) is 0 Å². The largest absolute Gasteiger partial charge is 0.529 e. The predicted octanol–water partition coefficient (Wildman–Crippen LogP) is 4.84. The molecule has 1 N–H and O–H groups in total. The summed E-state index contributed by atoms with van der Waals surface area (Å²) in [6, 6.07) is 0. The number of rotatable bonds is 7. The smallest absolute Gasteiger partial charge is 0.409 e. The molecule has 0 radical (unpaired) electrons. The van der Waals surface area contributed by atoms with Gasteiger partial charge < -0.3 is 18.7 Å². The second-order valence-corrected chi connectivity index (χ2v) is 10.7. The first kappa shape index (κ1) is 26.5. The summed E-state index contributed by atoms with van der Waals surface area (Å²) in [7, 11) is -2.68. The van der Waals surface area contributed by atoms with Gasteiger partial charge in [0.25, 0.3) is 0 Å². The molecule has 0 saturated heterocycles. The Morgan fingerprint density at radius 3 is 1.57 bits per heavy atom. The van der Waals surface area contributed by atoms with Crippen molar-refractivity contribution in [1.82, 2.24) is 0 Å². The van der Waals surface area contributed by atoms with Gasteiger partial charge in [-0.3, -0.25) is 13.6 Å². The minimum Gasteiger partial charge on any atom is -0.409 e. The van der Waals surface area contributed by atoms with E-state index in [2.05, 4.69) is 22.6 Å². The molecular weight excluding hydrogens is 463 g/mol. The third-order valence-corrected chi connectivity index (χ3v) is 6.34. The van der Waals surface area contributed by atoms with Gasteiger partial charge in [0, 0.05) is 28.4 Å².